The zero-order valence-corrected chi connectivity index (χ0v) is 13.7. The molecule has 0 atom stereocenters. The van der Waals surface area contributed by atoms with Crippen LogP contribution in [-0.4, -0.2) is 24.7 Å². The van der Waals surface area contributed by atoms with Gasteiger partial charge in [-0.05, 0) is 42.8 Å². The number of nitrogens with one attached hydrogen (secondary N) is 1. The van der Waals surface area contributed by atoms with E-state index >= 15 is 0 Å². The van der Waals surface area contributed by atoms with Gasteiger partial charge in [0.05, 0.1) is 0 Å². The average molecular weight is 331 g/mol. The Bertz CT molecular complexity index is 656. The molecule has 2 rings (SSSR count). The maximum atomic E-state index is 12.4. The molecular weight excluding hydrogens is 312 g/mol. The number of para-hydroxylation sites is 1. The fourth-order valence-corrected chi connectivity index (χ4v) is 2.24. The Hall–Kier alpha value is -2.33. The van der Waals surface area contributed by atoms with E-state index in [1.54, 1.807) is 36.2 Å². The standard InChI is InChI=1S/C18H19ClN2O2/c1-21(16-6-3-2-4-7-16)18(23)14-9-11-15(12-10-14)20-17(22)8-5-13-19/h2-4,6-7,9-12H,5,8,13H2,1H3,(H,20,22). The molecule has 2 aromatic rings. The van der Waals surface area contributed by atoms with E-state index < -0.39 is 0 Å². The molecule has 4 nitrogen and oxygen atoms in total. The van der Waals surface area contributed by atoms with E-state index in [9.17, 15) is 9.59 Å². The van der Waals surface area contributed by atoms with Gasteiger partial charge in [-0.1, -0.05) is 18.2 Å². The molecule has 0 spiro atoms. The molecule has 0 aliphatic rings. The zero-order valence-electron chi connectivity index (χ0n) is 13.0. The van der Waals surface area contributed by atoms with Crippen LogP contribution in [0.25, 0.3) is 0 Å². The molecule has 0 bridgehead atoms. The third-order valence-electron chi connectivity index (χ3n) is 3.40. The number of halogens is 1. The highest BCUT2D eigenvalue weighted by Gasteiger charge is 2.13. The summed E-state index contributed by atoms with van der Waals surface area (Å²) in [5.41, 5.74) is 2.06. The number of hydrogen-bond donors (Lipinski definition) is 1. The number of carbonyl (C=O) groups excluding carboxylic acids is 2. The summed E-state index contributed by atoms with van der Waals surface area (Å²) in [7, 11) is 1.74. The summed E-state index contributed by atoms with van der Waals surface area (Å²) < 4.78 is 0. The predicted octanol–water partition coefficient (Wildman–Crippen LogP) is 3.92. The fourth-order valence-electron chi connectivity index (χ4n) is 2.11. The normalized spacial score (nSPS) is 10.2. The molecule has 0 saturated heterocycles. The Labute approximate surface area is 141 Å². The van der Waals surface area contributed by atoms with Gasteiger partial charge < -0.3 is 10.2 Å². The van der Waals surface area contributed by atoms with Crippen LogP contribution < -0.4 is 10.2 Å². The largest absolute Gasteiger partial charge is 0.326 e. The topological polar surface area (TPSA) is 49.4 Å². The van der Waals surface area contributed by atoms with Crippen molar-refractivity contribution >= 4 is 34.8 Å². The fraction of sp³-hybridized carbons (Fsp3) is 0.222. The van der Waals surface area contributed by atoms with Crippen molar-refractivity contribution < 1.29 is 9.59 Å². The second-order valence-electron chi connectivity index (χ2n) is 5.12. The van der Waals surface area contributed by atoms with Crippen LogP contribution in [0.5, 0.6) is 0 Å². The van der Waals surface area contributed by atoms with Crippen molar-refractivity contribution in [3.8, 4) is 0 Å². The molecule has 0 unspecified atom stereocenters. The lowest BCUT2D eigenvalue weighted by atomic mass is 10.1. The third-order valence-corrected chi connectivity index (χ3v) is 3.67. The highest BCUT2D eigenvalue weighted by atomic mass is 35.5. The van der Waals surface area contributed by atoms with E-state index in [0.29, 0.717) is 30.0 Å². The molecule has 23 heavy (non-hydrogen) atoms. The number of benzene rings is 2. The number of rotatable bonds is 6. The summed E-state index contributed by atoms with van der Waals surface area (Å²) in [5.74, 6) is 0.287. The Morgan fingerprint density at radius 1 is 1.04 bits per heavy atom. The molecule has 0 heterocycles. The summed E-state index contributed by atoms with van der Waals surface area (Å²) >= 11 is 5.56. The second-order valence-corrected chi connectivity index (χ2v) is 5.50. The maximum Gasteiger partial charge on any atom is 0.258 e. The first kappa shape index (κ1) is 17.0. The van der Waals surface area contributed by atoms with Gasteiger partial charge in [-0.15, -0.1) is 11.6 Å². The first-order valence-corrected chi connectivity index (χ1v) is 7.94. The van der Waals surface area contributed by atoms with E-state index in [1.807, 2.05) is 30.3 Å². The predicted molar refractivity (Wildman–Crippen MR) is 94.2 cm³/mol. The Kier molecular flexibility index (Phi) is 6.18. The average Bonchev–Trinajstić information content (AvgIpc) is 2.60. The monoisotopic (exact) mass is 330 g/mol. The van der Waals surface area contributed by atoms with E-state index in [-0.39, 0.29) is 11.8 Å². The molecule has 0 saturated carbocycles. The summed E-state index contributed by atoms with van der Waals surface area (Å²) in [4.78, 5) is 25.7. The Morgan fingerprint density at radius 3 is 2.30 bits per heavy atom. The molecule has 5 heteroatoms. The zero-order chi connectivity index (χ0) is 16.7. The minimum absolute atomic E-state index is 0.0777. The van der Waals surface area contributed by atoms with Crippen LogP contribution in [0.3, 0.4) is 0 Å². The quantitative estimate of drug-likeness (QED) is 0.816. The first-order valence-electron chi connectivity index (χ1n) is 7.41. The minimum Gasteiger partial charge on any atom is -0.326 e. The van der Waals surface area contributed by atoms with E-state index in [2.05, 4.69) is 5.32 Å². The molecule has 2 aromatic carbocycles. The van der Waals surface area contributed by atoms with Crippen molar-refractivity contribution in [1.29, 1.82) is 0 Å². The lowest BCUT2D eigenvalue weighted by Gasteiger charge is -2.17. The highest BCUT2D eigenvalue weighted by Crippen LogP contribution is 2.16. The van der Waals surface area contributed by atoms with Crippen molar-refractivity contribution in [3.63, 3.8) is 0 Å². The van der Waals surface area contributed by atoms with Crippen molar-refractivity contribution in [2.75, 3.05) is 23.1 Å². The van der Waals surface area contributed by atoms with Crippen LogP contribution in [0.1, 0.15) is 23.2 Å². The molecule has 1 N–H and O–H groups in total. The van der Waals surface area contributed by atoms with Gasteiger partial charge in [0.15, 0.2) is 0 Å². The Morgan fingerprint density at radius 2 is 1.70 bits per heavy atom. The SMILES string of the molecule is CN(C(=O)c1ccc(NC(=O)CCCCl)cc1)c1ccccc1. The van der Waals surface area contributed by atoms with Crippen LogP contribution >= 0.6 is 11.6 Å². The van der Waals surface area contributed by atoms with E-state index in [0.717, 1.165) is 5.69 Å². The van der Waals surface area contributed by atoms with Crippen LogP contribution in [0, 0.1) is 0 Å². The Balaban J connectivity index is 2.01. The van der Waals surface area contributed by atoms with Crippen molar-refractivity contribution in [2.24, 2.45) is 0 Å². The third kappa shape index (κ3) is 4.83. The van der Waals surface area contributed by atoms with Gasteiger partial charge in [-0.3, -0.25) is 9.59 Å². The van der Waals surface area contributed by atoms with Crippen molar-refractivity contribution in [3.05, 3.63) is 60.2 Å². The van der Waals surface area contributed by atoms with E-state index in [4.69, 9.17) is 11.6 Å². The van der Waals surface area contributed by atoms with Gasteiger partial charge >= 0.3 is 0 Å². The van der Waals surface area contributed by atoms with Crippen molar-refractivity contribution in [2.45, 2.75) is 12.8 Å². The van der Waals surface area contributed by atoms with Gasteiger partial charge in [0.2, 0.25) is 5.91 Å². The maximum absolute atomic E-state index is 12.4. The lowest BCUT2D eigenvalue weighted by molar-refractivity contribution is -0.116. The van der Waals surface area contributed by atoms with E-state index in [1.165, 1.54) is 0 Å². The van der Waals surface area contributed by atoms with Crippen molar-refractivity contribution in [1.82, 2.24) is 0 Å². The highest BCUT2D eigenvalue weighted by molar-refractivity contribution is 6.18. The van der Waals surface area contributed by atoms with Gasteiger partial charge in [0.1, 0.15) is 0 Å². The number of alkyl halides is 1. The number of amides is 2. The molecule has 0 fully saturated rings. The smallest absolute Gasteiger partial charge is 0.258 e. The van der Waals surface area contributed by atoms with Gasteiger partial charge in [-0.25, -0.2) is 0 Å². The molecule has 0 radical (unpaired) electrons. The lowest BCUT2D eigenvalue weighted by Crippen LogP contribution is -2.26. The number of nitrogens with zero attached hydrogens (tertiary/aromatic N) is 1. The number of anilines is 2. The summed E-state index contributed by atoms with van der Waals surface area (Å²) in [6.07, 6.45) is 1.03. The summed E-state index contributed by atoms with van der Waals surface area (Å²) in [6, 6.07) is 16.3. The summed E-state index contributed by atoms with van der Waals surface area (Å²) in [6.45, 7) is 0. The number of hydrogen-bond acceptors (Lipinski definition) is 2. The second kappa shape index (κ2) is 8.34. The minimum atomic E-state index is -0.101. The molecule has 0 aliphatic carbocycles. The molecule has 0 aromatic heterocycles. The van der Waals surface area contributed by atoms with Gasteiger partial charge in [-0.2, -0.15) is 0 Å². The van der Waals surface area contributed by atoms with Gasteiger partial charge in [0, 0.05) is 36.3 Å². The first-order chi connectivity index (χ1) is 11.1. The number of carbonyl (C=O) groups is 2. The van der Waals surface area contributed by atoms with Crippen LogP contribution in [0.4, 0.5) is 11.4 Å². The van der Waals surface area contributed by atoms with Gasteiger partial charge in [0.25, 0.3) is 5.91 Å². The molecule has 2 amide bonds. The molecule has 120 valence electrons. The summed E-state index contributed by atoms with van der Waals surface area (Å²) in [5, 5.41) is 2.78. The van der Waals surface area contributed by atoms with Crippen LogP contribution in [0.2, 0.25) is 0 Å². The molecular formula is C18H19ClN2O2. The van der Waals surface area contributed by atoms with Crippen LogP contribution in [0.15, 0.2) is 54.6 Å². The van der Waals surface area contributed by atoms with Crippen LogP contribution in [-0.2, 0) is 4.79 Å². The molecule has 0 aliphatic heterocycles.